The van der Waals surface area contributed by atoms with Crippen LogP contribution in [0.1, 0.15) is 12.0 Å². The number of hydrogen-bond donors (Lipinski definition) is 1. The molecular weight excluding hydrogens is 376 g/mol. The van der Waals surface area contributed by atoms with E-state index in [0.29, 0.717) is 23.2 Å². The molecule has 0 radical (unpaired) electrons. The van der Waals surface area contributed by atoms with Gasteiger partial charge in [0, 0.05) is 30.4 Å². The van der Waals surface area contributed by atoms with Crippen LogP contribution in [0.15, 0.2) is 66.9 Å². The van der Waals surface area contributed by atoms with Gasteiger partial charge in [-0.25, -0.2) is 4.98 Å². The number of aliphatic hydroxyl groups is 1. The lowest BCUT2D eigenvalue weighted by atomic mass is 10.1. The fourth-order valence-corrected chi connectivity index (χ4v) is 3.51. The van der Waals surface area contributed by atoms with E-state index < -0.39 is 0 Å². The molecule has 1 aliphatic heterocycles. The molecule has 1 aromatic heterocycles. The number of nitrogens with zero attached hydrogens (tertiary/aromatic N) is 2. The van der Waals surface area contributed by atoms with Gasteiger partial charge in [-0.05, 0) is 42.5 Å². The van der Waals surface area contributed by atoms with Crippen LogP contribution < -0.4 is 14.4 Å². The number of halogens is 1. The number of para-hydroxylation sites is 1. The van der Waals surface area contributed by atoms with Crippen molar-refractivity contribution in [3.05, 3.63) is 77.4 Å². The second kappa shape index (κ2) is 8.50. The van der Waals surface area contributed by atoms with Crippen LogP contribution >= 0.6 is 11.6 Å². The zero-order valence-corrected chi connectivity index (χ0v) is 16.0. The van der Waals surface area contributed by atoms with Crippen LogP contribution in [0.4, 0.5) is 5.69 Å². The monoisotopic (exact) mass is 396 g/mol. The Morgan fingerprint density at radius 2 is 1.93 bits per heavy atom. The van der Waals surface area contributed by atoms with Gasteiger partial charge in [0.2, 0.25) is 5.88 Å². The van der Waals surface area contributed by atoms with Crippen molar-refractivity contribution in [1.29, 1.82) is 0 Å². The van der Waals surface area contributed by atoms with Crippen molar-refractivity contribution in [2.24, 2.45) is 0 Å². The van der Waals surface area contributed by atoms with Crippen LogP contribution in [0.25, 0.3) is 0 Å². The number of anilines is 1. The van der Waals surface area contributed by atoms with Gasteiger partial charge in [0.25, 0.3) is 0 Å². The topological polar surface area (TPSA) is 54.8 Å². The first-order chi connectivity index (χ1) is 13.7. The standard InChI is InChI=1S/C22H21ClN2O3/c23-20-7-4-11-24-22(20)28-19-10-12-25(14-19)21-9-8-18(13-16(21)15-26)27-17-5-2-1-3-6-17/h1-9,11,13,19,26H,10,12,14-15H2. The van der Waals surface area contributed by atoms with Crippen molar-refractivity contribution in [3.8, 4) is 17.4 Å². The quantitative estimate of drug-likeness (QED) is 0.655. The maximum Gasteiger partial charge on any atom is 0.232 e. The maximum absolute atomic E-state index is 9.87. The van der Waals surface area contributed by atoms with Gasteiger partial charge in [-0.3, -0.25) is 0 Å². The number of ether oxygens (including phenoxy) is 2. The summed E-state index contributed by atoms with van der Waals surface area (Å²) in [5, 5.41) is 10.4. The van der Waals surface area contributed by atoms with Crippen LogP contribution in [-0.2, 0) is 6.61 Å². The molecule has 1 saturated heterocycles. The van der Waals surface area contributed by atoms with E-state index in [1.54, 1.807) is 18.3 Å². The highest BCUT2D eigenvalue weighted by Crippen LogP contribution is 2.32. The molecule has 0 spiro atoms. The van der Waals surface area contributed by atoms with Gasteiger partial charge in [-0.1, -0.05) is 29.8 Å². The average Bonchev–Trinajstić information content (AvgIpc) is 3.19. The molecule has 1 atom stereocenters. The van der Waals surface area contributed by atoms with Crippen molar-refractivity contribution >= 4 is 17.3 Å². The molecule has 4 rings (SSSR count). The highest BCUT2D eigenvalue weighted by atomic mass is 35.5. The second-order valence-corrected chi connectivity index (χ2v) is 7.04. The summed E-state index contributed by atoms with van der Waals surface area (Å²) in [7, 11) is 0. The maximum atomic E-state index is 9.87. The van der Waals surface area contributed by atoms with Crippen molar-refractivity contribution in [2.45, 2.75) is 19.1 Å². The molecule has 3 aromatic rings. The molecule has 144 valence electrons. The molecule has 0 bridgehead atoms. The number of pyridine rings is 1. The van der Waals surface area contributed by atoms with Crippen molar-refractivity contribution in [2.75, 3.05) is 18.0 Å². The van der Waals surface area contributed by atoms with E-state index >= 15 is 0 Å². The van der Waals surface area contributed by atoms with E-state index in [9.17, 15) is 5.11 Å². The minimum atomic E-state index is -0.0601. The summed E-state index contributed by atoms with van der Waals surface area (Å²) < 4.78 is 11.8. The van der Waals surface area contributed by atoms with Crippen molar-refractivity contribution in [1.82, 2.24) is 4.98 Å². The first-order valence-electron chi connectivity index (χ1n) is 9.22. The third-order valence-corrected chi connectivity index (χ3v) is 4.98. The minimum Gasteiger partial charge on any atom is -0.471 e. The molecule has 0 aliphatic carbocycles. The number of benzene rings is 2. The lowest BCUT2D eigenvalue weighted by molar-refractivity contribution is 0.216. The molecule has 28 heavy (non-hydrogen) atoms. The highest BCUT2D eigenvalue weighted by molar-refractivity contribution is 6.31. The molecule has 5 nitrogen and oxygen atoms in total. The van der Waals surface area contributed by atoms with Gasteiger partial charge in [-0.15, -0.1) is 0 Å². The lowest BCUT2D eigenvalue weighted by Crippen LogP contribution is -2.25. The fraction of sp³-hybridized carbons (Fsp3) is 0.227. The first-order valence-corrected chi connectivity index (χ1v) is 9.59. The van der Waals surface area contributed by atoms with Crippen molar-refractivity contribution in [3.63, 3.8) is 0 Å². The molecule has 6 heteroatoms. The Morgan fingerprint density at radius 3 is 2.71 bits per heavy atom. The molecule has 0 saturated carbocycles. The molecule has 2 heterocycles. The van der Waals surface area contributed by atoms with Gasteiger partial charge in [0.15, 0.2) is 0 Å². The number of hydrogen-bond acceptors (Lipinski definition) is 5. The summed E-state index contributed by atoms with van der Waals surface area (Å²) in [5.74, 6) is 1.93. The van der Waals surface area contributed by atoms with Gasteiger partial charge < -0.3 is 19.5 Å². The van der Waals surface area contributed by atoms with Crippen LogP contribution in [0.5, 0.6) is 17.4 Å². The van der Waals surface area contributed by atoms with E-state index in [0.717, 1.165) is 30.0 Å². The van der Waals surface area contributed by atoms with E-state index in [1.807, 2.05) is 48.5 Å². The highest BCUT2D eigenvalue weighted by Gasteiger charge is 2.26. The predicted octanol–water partition coefficient (Wildman–Crippen LogP) is 4.68. The summed E-state index contributed by atoms with van der Waals surface area (Å²) >= 11 is 6.14. The second-order valence-electron chi connectivity index (χ2n) is 6.63. The van der Waals surface area contributed by atoms with Gasteiger partial charge in [0.1, 0.15) is 22.6 Å². The van der Waals surface area contributed by atoms with E-state index in [2.05, 4.69) is 9.88 Å². The third kappa shape index (κ3) is 4.21. The average molecular weight is 397 g/mol. The number of aliphatic hydroxyl groups excluding tert-OH is 1. The predicted molar refractivity (Wildman–Crippen MR) is 109 cm³/mol. The zero-order chi connectivity index (χ0) is 19.3. The van der Waals surface area contributed by atoms with Crippen LogP contribution in [0.3, 0.4) is 0 Å². The Bertz CT molecular complexity index is 936. The molecule has 1 fully saturated rings. The summed E-state index contributed by atoms with van der Waals surface area (Å²) in [5.41, 5.74) is 1.81. The SMILES string of the molecule is OCc1cc(Oc2ccccc2)ccc1N1CCC(Oc2ncccc2Cl)C1. The normalized spacial score (nSPS) is 16.2. The molecule has 2 aromatic carbocycles. The van der Waals surface area contributed by atoms with E-state index in [4.69, 9.17) is 21.1 Å². The van der Waals surface area contributed by atoms with Crippen LogP contribution in [0, 0.1) is 0 Å². The number of aromatic nitrogens is 1. The fourth-order valence-electron chi connectivity index (χ4n) is 3.34. The summed E-state index contributed by atoms with van der Waals surface area (Å²) in [6, 6.07) is 18.9. The van der Waals surface area contributed by atoms with Gasteiger partial charge in [-0.2, -0.15) is 0 Å². The van der Waals surface area contributed by atoms with Gasteiger partial charge in [0.05, 0.1) is 13.2 Å². The Balaban J connectivity index is 1.46. The largest absolute Gasteiger partial charge is 0.471 e. The molecule has 1 unspecified atom stereocenters. The smallest absolute Gasteiger partial charge is 0.232 e. The van der Waals surface area contributed by atoms with Crippen LogP contribution in [-0.4, -0.2) is 29.3 Å². The first kappa shape index (κ1) is 18.6. The van der Waals surface area contributed by atoms with E-state index in [-0.39, 0.29) is 12.7 Å². The summed E-state index contributed by atoms with van der Waals surface area (Å²) in [6.45, 7) is 1.48. The van der Waals surface area contributed by atoms with E-state index in [1.165, 1.54) is 0 Å². The molecule has 1 N–H and O–H groups in total. The zero-order valence-electron chi connectivity index (χ0n) is 15.3. The summed E-state index contributed by atoms with van der Waals surface area (Å²) in [4.78, 5) is 6.40. The van der Waals surface area contributed by atoms with Crippen molar-refractivity contribution < 1.29 is 14.6 Å². The lowest BCUT2D eigenvalue weighted by Gasteiger charge is -2.22. The molecular formula is C22H21ClN2O3. The Kier molecular flexibility index (Phi) is 5.65. The Morgan fingerprint density at radius 1 is 1.07 bits per heavy atom. The number of rotatable bonds is 6. The molecule has 1 aliphatic rings. The Labute approximate surface area is 169 Å². The third-order valence-electron chi connectivity index (χ3n) is 4.69. The van der Waals surface area contributed by atoms with Gasteiger partial charge >= 0.3 is 0 Å². The summed E-state index contributed by atoms with van der Waals surface area (Å²) in [6.07, 6.45) is 2.53. The van der Waals surface area contributed by atoms with Crippen LogP contribution in [0.2, 0.25) is 5.02 Å². The molecule has 0 amide bonds. The Hall–Kier alpha value is -2.76. The minimum absolute atomic E-state index is 0.000752.